The Morgan fingerprint density at radius 1 is 0.844 bits per heavy atom. The fraction of sp³-hybridized carbons (Fsp3) is 0.348. The Hall–Kier alpha value is -3.04. The number of ketones is 1. The monoisotopic (exact) mass is 460 g/mol. The van der Waals surface area contributed by atoms with Crippen LogP contribution in [0.2, 0.25) is 0 Å². The molecule has 0 aliphatic rings. The molecule has 32 heavy (non-hydrogen) atoms. The van der Waals surface area contributed by atoms with E-state index in [1.807, 2.05) is 13.8 Å². The lowest BCUT2D eigenvalue weighted by Gasteiger charge is -2.21. The largest absolute Gasteiger partial charge is 0.481 e. The number of carboxylic acids is 1. The molecule has 172 valence electrons. The number of hydrogen-bond donors (Lipinski definition) is 2. The Labute approximate surface area is 188 Å². The normalized spacial score (nSPS) is 11.3. The molecule has 0 saturated heterocycles. The molecule has 0 heterocycles. The fourth-order valence-electron chi connectivity index (χ4n) is 3.09. The summed E-state index contributed by atoms with van der Waals surface area (Å²) in [5.74, 6) is -1.75. The molecule has 0 spiro atoms. The molecule has 0 bridgehead atoms. The lowest BCUT2D eigenvalue weighted by atomic mass is 10.1. The van der Waals surface area contributed by atoms with E-state index in [1.54, 1.807) is 12.1 Å². The molecule has 2 aromatic carbocycles. The molecule has 0 aromatic heterocycles. The van der Waals surface area contributed by atoms with Gasteiger partial charge in [0.25, 0.3) is 5.91 Å². The maximum Gasteiger partial charge on any atom is 0.303 e. The third kappa shape index (κ3) is 6.73. The zero-order valence-corrected chi connectivity index (χ0v) is 19.0. The van der Waals surface area contributed by atoms with Gasteiger partial charge in [-0.05, 0) is 61.4 Å². The number of rotatable bonds is 12. The van der Waals surface area contributed by atoms with Crippen molar-refractivity contribution in [2.45, 2.75) is 44.4 Å². The summed E-state index contributed by atoms with van der Waals surface area (Å²) in [7, 11) is -3.62. The molecule has 2 aromatic rings. The van der Waals surface area contributed by atoms with Gasteiger partial charge in [0, 0.05) is 36.3 Å². The second-order valence-electron chi connectivity index (χ2n) is 7.28. The highest BCUT2D eigenvalue weighted by Crippen LogP contribution is 2.19. The first-order valence-corrected chi connectivity index (χ1v) is 11.9. The Morgan fingerprint density at radius 3 is 1.88 bits per heavy atom. The van der Waals surface area contributed by atoms with Crippen LogP contribution >= 0.6 is 0 Å². The number of sulfonamides is 1. The number of anilines is 1. The highest BCUT2D eigenvalue weighted by molar-refractivity contribution is 7.89. The first-order chi connectivity index (χ1) is 15.2. The highest BCUT2D eigenvalue weighted by atomic mass is 32.2. The first kappa shape index (κ1) is 25.2. The summed E-state index contributed by atoms with van der Waals surface area (Å²) in [5.41, 5.74) is 1.11. The molecule has 0 aliphatic carbocycles. The number of nitrogens with zero attached hydrogens (tertiary/aromatic N) is 1. The number of nitrogens with one attached hydrogen (secondary N) is 1. The highest BCUT2D eigenvalue weighted by Gasteiger charge is 2.23. The van der Waals surface area contributed by atoms with Crippen molar-refractivity contribution in [1.82, 2.24) is 4.31 Å². The molecule has 0 aliphatic heterocycles. The second kappa shape index (κ2) is 11.5. The summed E-state index contributed by atoms with van der Waals surface area (Å²) in [6, 6.07) is 11.9. The van der Waals surface area contributed by atoms with E-state index in [0.717, 1.165) is 0 Å². The molecule has 2 rings (SSSR count). The van der Waals surface area contributed by atoms with E-state index in [2.05, 4.69) is 5.32 Å². The van der Waals surface area contributed by atoms with E-state index in [4.69, 9.17) is 5.11 Å². The predicted octanol–water partition coefficient (Wildman–Crippen LogP) is 3.80. The zero-order valence-electron chi connectivity index (χ0n) is 18.2. The minimum atomic E-state index is -3.62. The lowest BCUT2D eigenvalue weighted by Crippen LogP contribution is -2.32. The number of carbonyl (C=O) groups is 3. The van der Waals surface area contributed by atoms with Crippen molar-refractivity contribution in [1.29, 1.82) is 0 Å². The molecule has 0 fully saturated rings. The van der Waals surface area contributed by atoms with Gasteiger partial charge in [-0.25, -0.2) is 8.42 Å². The van der Waals surface area contributed by atoms with Crippen LogP contribution in [0.5, 0.6) is 0 Å². The van der Waals surface area contributed by atoms with Crippen LogP contribution in [0, 0.1) is 0 Å². The average Bonchev–Trinajstić information content (AvgIpc) is 2.77. The van der Waals surface area contributed by atoms with Gasteiger partial charge in [-0.15, -0.1) is 0 Å². The van der Waals surface area contributed by atoms with E-state index in [9.17, 15) is 22.8 Å². The molecular formula is C23H28N2O6S. The van der Waals surface area contributed by atoms with Gasteiger partial charge < -0.3 is 10.4 Å². The average molecular weight is 461 g/mol. The summed E-state index contributed by atoms with van der Waals surface area (Å²) in [4.78, 5) is 35.2. The van der Waals surface area contributed by atoms with Crippen LogP contribution in [-0.4, -0.2) is 48.6 Å². The molecule has 2 N–H and O–H groups in total. The van der Waals surface area contributed by atoms with Gasteiger partial charge in [-0.3, -0.25) is 14.4 Å². The van der Waals surface area contributed by atoms with Crippen molar-refractivity contribution in [3.63, 3.8) is 0 Å². The summed E-state index contributed by atoms with van der Waals surface area (Å²) in [5, 5.41) is 11.4. The topological polar surface area (TPSA) is 121 Å². The standard InChI is InChI=1S/C23H28N2O6S/c1-3-15-25(16-4-2)32(30,31)20-11-7-18(8-12-20)23(29)24-19-9-5-17(6-10-19)21(26)13-14-22(27)28/h5-12H,3-4,13-16H2,1-2H3,(H,24,29)(H,27,28). The SMILES string of the molecule is CCCN(CCC)S(=O)(=O)c1ccc(C(=O)Nc2ccc(C(=O)CCC(=O)O)cc2)cc1. The van der Waals surface area contributed by atoms with Crippen LogP contribution < -0.4 is 5.32 Å². The van der Waals surface area contributed by atoms with Gasteiger partial charge in [-0.2, -0.15) is 4.31 Å². The predicted molar refractivity (Wildman–Crippen MR) is 121 cm³/mol. The number of benzene rings is 2. The van der Waals surface area contributed by atoms with Crippen LogP contribution in [0.3, 0.4) is 0 Å². The summed E-state index contributed by atoms with van der Waals surface area (Å²) in [6.07, 6.45) is 1.09. The van der Waals surface area contributed by atoms with E-state index in [-0.39, 0.29) is 23.5 Å². The van der Waals surface area contributed by atoms with Gasteiger partial charge in [0.05, 0.1) is 11.3 Å². The van der Waals surface area contributed by atoms with Gasteiger partial charge in [0.2, 0.25) is 10.0 Å². The summed E-state index contributed by atoms with van der Waals surface area (Å²) < 4.78 is 27.1. The maximum absolute atomic E-state index is 12.8. The van der Waals surface area contributed by atoms with Gasteiger partial charge in [0.15, 0.2) is 5.78 Å². The number of carboxylic acid groups (broad SMARTS) is 1. The van der Waals surface area contributed by atoms with Crippen LogP contribution in [-0.2, 0) is 14.8 Å². The molecule has 0 radical (unpaired) electrons. The number of Topliss-reactive ketones (excluding diaryl/α,β-unsaturated/α-hetero) is 1. The molecule has 9 heteroatoms. The maximum atomic E-state index is 12.8. The van der Waals surface area contributed by atoms with Gasteiger partial charge in [-0.1, -0.05) is 13.8 Å². The Morgan fingerprint density at radius 2 is 1.38 bits per heavy atom. The molecule has 8 nitrogen and oxygen atoms in total. The lowest BCUT2D eigenvalue weighted by molar-refractivity contribution is -0.136. The minimum absolute atomic E-state index is 0.0930. The van der Waals surface area contributed by atoms with E-state index in [0.29, 0.717) is 42.7 Å². The molecule has 1 amide bonds. The number of aliphatic carboxylic acids is 1. The Balaban J connectivity index is 2.06. The van der Waals surface area contributed by atoms with Crippen LogP contribution in [0.15, 0.2) is 53.4 Å². The van der Waals surface area contributed by atoms with Crippen molar-refractivity contribution in [2.75, 3.05) is 18.4 Å². The van der Waals surface area contributed by atoms with Crippen molar-refractivity contribution in [3.8, 4) is 0 Å². The number of carbonyl (C=O) groups excluding carboxylic acids is 2. The smallest absolute Gasteiger partial charge is 0.303 e. The van der Waals surface area contributed by atoms with Gasteiger partial charge in [0.1, 0.15) is 0 Å². The molecule has 0 saturated carbocycles. The van der Waals surface area contributed by atoms with Crippen LogP contribution in [0.25, 0.3) is 0 Å². The van der Waals surface area contributed by atoms with Crippen LogP contribution in [0.1, 0.15) is 60.2 Å². The van der Waals surface area contributed by atoms with E-state index in [1.165, 1.54) is 40.7 Å². The van der Waals surface area contributed by atoms with Crippen LogP contribution in [0.4, 0.5) is 5.69 Å². The molecular weight excluding hydrogens is 432 g/mol. The third-order valence-corrected chi connectivity index (χ3v) is 6.64. The minimum Gasteiger partial charge on any atom is -0.481 e. The van der Waals surface area contributed by atoms with Crippen molar-refractivity contribution in [2.24, 2.45) is 0 Å². The Kier molecular flexibility index (Phi) is 9.10. The quantitative estimate of drug-likeness (QED) is 0.465. The summed E-state index contributed by atoms with van der Waals surface area (Å²) >= 11 is 0. The summed E-state index contributed by atoms with van der Waals surface area (Å²) in [6.45, 7) is 4.72. The number of hydrogen-bond acceptors (Lipinski definition) is 5. The fourth-order valence-corrected chi connectivity index (χ4v) is 4.71. The number of amides is 1. The van der Waals surface area contributed by atoms with Crippen molar-refractivity contribution < 1.29 is 27.9 Å². The van der Waals surface area contributed by atoms with E-state index < -0.39 is 21.9 Å². The third-order valence-electron chi connectivity index (χ3n) is 4.73. The van der Waals surface area contributed by atoms with Crippen molar-refractivity contribution >= 4 is 33.4 Å². The zero-order chi connectivity index (χ0) is 23.7. The van der Waals surface area contributed by atoms with E-state index >= 15 is 0 Å². The second-order valence-corrected chi connectivity index (χ2v) is 9.21. The van der Waals surface area contributed by atoms with Crippen molar-refractivity contribution in [3.05, 3.63) is 59.7 Å². The Bertz CT molecular complexity index is 1040. The first-order valence-electron chi connectivity index (χ1n) is 10.5. The van der Waals surface area contributed by atoms with Gasteiger partial charge >= 0.3 is 5.97 Å². The molecule has 0 atom stereocenters. The molecule has 0 unspecified atom stereocenters.